The average Bonchev–Trinajstić information content (AvgIpc) is 3.01. The van der Waals surface area contributed by atoms with Crippen LogP contribution in [0.4, 0.5) is 0 Å². The molecule has 4 nitrogen and oxygen atoms in total. The van der Waals surface area contributed by atoms with E-state index in [0.29, 0.717) is 12.5 Å². The third-order valence-electron chi connectivity index (χ3n) is 5.22. The van der Waals surface area contributed by atoms with Crippen molar-refractivity contribution in [3.05, 3.63) is 48.0 Å². The van der Waals surface area contributed by atoms with Gasteiger partial charge in [0.25, 0.3) is 5.91 Å². The summed E-state index contributed by atoms with van der Waals surface area (Å²) in [6.07, 6.45) is 1.26. The highest BCUT2D eigenvalue weighted by atomic mass is 16.5. The Morgan fingerprint density at radius 1 is 1.26 bits per heavy atom. The molecule has 4 atom stereocenters. The Balaban J connectivity index is 1.57. The molecule has 0 bridgehead atoms. The van der Waals surface area contributed by atoms with Crippen LogP contribution in [0, 0.1) is 11.8 Å². The van der Waals surface area contributed by atoms with E-state index in [-0.39, 0.29) is 24.0 Å². The minimum absolute atomic E-state index is 0.00162. The average molecular weight is 311 g/mol. The van der Waals surface area contributed by atoms with Crippen molar-refractivity contribution >= 4 is 16.7 Å². The first-order valence-corrected chi connectivity index (χ1v) is 8.19. The number of amides is 1. The number of carbonyl (C=O) groups excluding carboxylic acids is 1. The van der Waals surface area contributed by atoms with E-state index < -0.39 is 0 Å². The van der Waals surface area contributed by atoms with E-state index >= 15 is 0 Å². The van der Waals surface area contributed by atoms with Gasteiger partial charge in [-0.1, -0.05) is 36.4 Å². The van der Waals surface area contributed by atoms with Crippen LogP contribution in [0.2, 0.25) is 0 Å². The molecule has 0 unspecified atom stereocenters. The highest BCUT2D eigenvalue weighted by Crippen LogP contribution is 2.43. The number of methoxy groups -OCH3 is 1. The van der Waals surface area contributed by atoms with Crippen LogP contribution in [0.3, 0.4) is 0 Å². The van der Waals surface area contributed by atoms with Gasteiger partial charge in [-0.3, -0.25) is 4.79 Å². The van der Waals surface area contributed by atoms with Gasteiger partial charge in [0.15, 0.2) is 0 Å². The van der Waals surface area contributed by atoms with Crippen LogP contribution >= 0.6 is 0 Å². The summed E-state index contributed by atoms with van der Waals surface area (Å²) in [7, 11) is 1.70. The highest BCUT2D eigenvalue weighted by Gasteiger charge is 2.54. The van der Waals surface area contributed by atoms with Gasteiger partial charge < -0.3 is 14.8 Å². The number of fused-ring (bicyclic) bond motifs is 2. The highest BCUT2D eigenvalue weighted by molar-refractivity contribution is 6.07. The molecule has 2 aromatic carbocycles. The van der Waals surface area contributed by atoms with E-state index in [1.807, 2.05) is 42.5 Å². The van der Waals surface area contributed by atoms with E-state index in [1.165, 1.54) is 0 Å². The fraction of sp³-hybridized carbons (Fsp3) is 0.421. The van der Waals surface area contributed by atoms with Crippen LogP contribution in [0.1, 0.15) is 16.8 Å². The van der Waals surface area contributed by atoms with Crippen LogP contribution in [0.25, 0.3) is 10.8 Å². The van der Waals surface area contributed by atoms with Crippen LogP contribution in [-0.4, -0.2) is 38.4 Å². The van der Waals surface area contributed by atoms with Crippen molar-refractivity contribution in [1.29, 1.82) is 0 Å². The van der Waals surface area contributed by atoms with Crippen molar-refractivity contribution < 1.29 is 14.3 Å². The topological polar surface area (TPSA) is 47.6 Å². The smallest absolute Gasteiger partial charge is 0.252 e. The molecule has 0 aromatic heterocycles. The number of nitrogens with one attached hydrogen (secondary N) is 1. The molecule has 2 aliphatic rings. The first-order valence-electron chi connectivity index (χ1n) is 8.19. The molecule has 1 N–H and O–H groups in total. The van der Waals surface area contributed by atoms with Gasteiger partial charge in [0, 0.05) is 37.2 Å². The van der Waals surface area contributed by atoms with E-state index in [9.17, 15) is 4.79 Å². The molecule has 1 aliphatic carbocycles. The Bertz CT molecular complexity index is 724. The summed E-state index contributed by atoms with van der Waals surface area (Å²) < 4.78 is 11.1. The van der Waals surface area contributed by atoms with Crippen molar-refractivity contribution in [2.45, 2.75) is 18.6 Å². The zero-order chi connectivity index (χ0) is 15.8. The Kier molecular flexibility index (Phi) is 3.79. The summed E-state index contributed by atoms with van der Waals surface area (Å²) in [5.41, 5.74) is 0.738. The molecule has 2 fully saturated rings. The molecule has 1 heterocycles. The molecule has 1 amide bonds. The zero-order valence-electron chi connectivity index (χ0n) is 13.2. The van der Waals surface area contributed by atoms with Gasteiger partial charge in [-0.15, -0.1) is 0 Å². The SMILES string of the molecule is COC[C@@H]1[C@H](NC(=O)c2cccc3ccccc23)[C@@H]2CCO[C@H]12. The van der Waals surface area contributed by atoms with Gasteiger partial charge in [0.1, 0.15) is 0 Å². The molecule has 4 heteroatoms. The lowest BCUT2D eigenvalue weighted by Crippen LogP contribution is -2.62. The van der Waals surface area contributed by atoms with Crippen LogP contribution in [0.5, 0.6) is 0 Å². The molecule has 2 aromatic rings. The number of hydrogen-bond donors (Lipinski definition) is 1. The lowest BCUT2D eigenvalue weighted by molar-refractivity contribution is -0.0809. The van der Waals surface area contributed by atoms with E-state index in [0.717, 1.165) is 29.4 Å². The number of rotatable bonds is 4. The zero-order valence-corrected chi connectivity index (χ0v) is 13.2. The number of carbonyl (C=O) groups is 1. The molecule has 23 heavy (non-hydrogen) atoms. The van der Waals surface area contributed by atoms with Crippen molar-refractivity contribution in [1.82, 2.24) is 5.32 Å². The molecular formula is C19H21NO3. The van der Waals surface area contributed by atoms with Crippen LogP contribution in [0.15, 0.2) is 42.5 Å². The lowest BCUT2D eigenvalue weighted by Gasteiger charge is -2.47. The van der Waals surface area contributed by atoms with E-state index in [4.69, 9.17) is 9.47 Å². The molecule has 120 valence electrons. The summed E-state index contributed by atoms with van der Waals surface area (Å²) in [6.45, 7) is 1.41. The van der Waals surface area contributed by atoms with Gasteiger partial charge in [-0.05, 0) is 23.3 Å². The molecular weight excluding hydrogens is 290 g/mol. The quantitative estimate of drug-likeness (QED) is 0.944. The number of benzene rings is 2. The van der Waals surface area contributed by atoms with Crippen molar-refractivity contribution in [2.75, 3.05) is 20.3 Å². The normalized spacial score (nSPS) is 29.1. The predicted octanol–water partition coefficient (Wildman–Crippen LogP) is 2.62. The van der Waals surface area contributed by atoms with Crippen LogP contribution in [-0.2, 0) is 9.47 Å². The van der Waals surface area contributed by atoms with E-state index in [2.05, 4.69) is 5.32 Å². The van der Waals surface area contributed by atoms with Crippen molar-refractivity contribution in [2.24, 2.45) is 11.8 Å². The number of hydrogen-bond acceptors (Lipinski definition) is 3. The molecule has 1 aliphatic heterocycles. The van der Waals surface area contributed by atoms with Gasteiger partial charge in [0.05, 0.1) is 12.7 Å². The van der Waals surface area contributed by atoms with Gasteiger partial charge >= 0.3 is 0 Å². The molecule has 1 saturated heterocycles. The van der Waals surface area contributed by atoms with Crippen molar-refractivity contribution in [3.63, 3.8) is 0 Å². The first-order chi connectivity index (χ1) is 11.3. The fourth-order valence-electron chi connectivity index (χ4n) is 4.09. The molecule has 1 saturated carbocycles. The monoisotopic (exact) mass is 311 g/mol. The Morgan fingerprint density at radius 3 is 2.96 bits per heavy atom. The number of ether oxygens (including phenoxy) is 2. The van der Waals surface area contributed by atoms with Gasteiger partial charge in [0.2, 0.25) is 0 Å². The van der Waals surface area contributed by atoms with Gasteiger partial charge in [-0.25, -0.2) is 0 Å². The lowest BCUT2D eigenvalue weighted by atomic mass is 9.67. The summed E-state index contributed by atoms with van der Waals surface area (Å²) in [5, 5.41) is 5.31. The summed E-state index contributed by atoms with van der Waals surface area (Å²) >= 11 is 0. The summed E-state index contributed by atoms with van der Waals surface area (Å²) in [6, 6.07) is 14.0. The third kappa shape index (κ3) is 2.42. The predicted molar refractivity (Wildman–Crippen MR) is 88.4 cm³/mol. The van der Waals surface area contributed by atoms with Gasteiger partial charge in [-0.2, -0.15) is 0 Å². The van der Waals surface area contributed by atoms with Crippen LogP contribution < -0.4 is 5.32 Å². The molecule has 0 radical (unpaired) electrons. The van der Waals surface area contributed by atoms with E-state index in [1.54, 1.807) is 7.11 Å². The maximum Gasteiger partial charge on any atom is 0.252 e. The standard InChI is InChI=1S/C19H21NO3/c1-22-11-16-17(15-9-10-23-18(15)16)20-19(21)14-8-4-6-12-5-2-3-7-13(12)14/h2-8,15-18H,9-11H2,1H3,(H,20,21)/t15-,16+,17+,18-/m0/s1. The maximum absolute atomic E-state index is 12.8. The maximum atomic E-state index is 12.8. The largest absolute Gasteiger partial charge is 0.384 e. The Morgan fingerprint density at radius 2 is 2.09 bits per heavy atom. The molecule has 4 rings (SSSR count). The fourth-order valence-corrected chi connectivity index (χ4v) is 4.09. The minimum Gasteiger partial charge on any atom is -0.384 e. The first kappa shape index (κ1) is 14.7. The van der Waals surface area contributed by atoms with Crippen molar-refractivity contribution in [3.8, 4) is 0 Å². The Labute approximate surface area is 135 Å². The second-order valence-corrected chi connectivity index (χ2v) is 6.43. The second-order valence-electron chi connectivity index (χ2n) is 6.43. The minimum atomic E-state index is -0.00162. The summed E-state index contributed by atoms with van der Waals surface area (Å²) in [4.78, 5) is 12.8. The second kappa shape index (κ2) is 5.95. The Hall–Kier alpha value is -1.91. The summed E-state index contributed by atoms with van der Waals surface area (Å²) in [5.74, 6) is 0.679. The molecule has 0 spiro atoms. The third-order valence-corrected chi connectivity index (χ3v) is 5.22.